The number of nitrogens with one attached hydrogen (secondary N) is 1. The molecule has 3 aromatic rings. The molecule has 1 aromatic heterocycles. The van der Waals surface area contributed by atoms with E-state index >= 15 is 0 Å². The molecule has 6 rings (SSSR count). The number of piperazine rings is 1. The van der Waals surface area contributed by atoms with E-state index in [0.29, 0.717) is 47.7 Å². The van der Waals surface area contributed by atoms with Crippen molar-refractivity contribution in [1.29, 1.82) is 0 Å². The van der Waals surface area contributed by atoms with Crippen LogP contribution in [0.5, 0.6) is 5.75 Å². The molecule has 0 radical (unpaired) electrons. The van der Waals surface area contributed by atoms with E-state index < -0.39 is 0 Å². The summed E-state index contributed by atoms with van der Waals surface area (Å²) in [6.45, 7) is 8.74. The Labute approximate surface area is 256 Å². The molecule has 2 saturated heterocycles. The summed E-state index contributed by atoms with van der Waals surface area (Å²) in [5.41, 5.74) is 3.28. The van der Waals surface area contributed by atoms with Gasteiger partial charge in [0, 0.05) is 73.5 Å². The Kier molecular flexibility index (Phi) is 8.09. The van der Waals surface area contributed by atoms with Crippen molar-refractivity contribution in [2.75, 3.05) is 73.4 Å². The highest BCUT2D eigenvalue weighted by molar-refractivity contribution is 6.31. The SMILES string of the molecule is C=CC(=O)N1CC[C@H](N2C(=O)N(c3cccc(Cl)c3)Cc3cnc(Nc4ccc(N5CCN(C)CC5)cc4OC)nc32)C1. The predicted octanol–water partition coefficient (Wildman–Crippen LogP) is 4.37. The minimum atomic E-state index is -0.266. The first kappa shape index (κ1) is 28.8. The summed E-state index contributed by atoms with van der Waals surface area (Å²) >= 11 is 6.27. The minimum absolute atomic E-state index is 0.156. The van der Waals surface area contributed by atoms with Crippen LogP contribution in [0.4, 0.5) is 33.6 Å². The summed E-state index contributed by atoms with van der Waals surface area (Å²) in [5, 5.41) is 3.84. The van der Waals surface area contributed by atoms with E-state index in [9.17, 15) is 9.59 Å². The summed E-state index contributed by atoms with van der Waals surface area (Å²) in [5.74, 6) is 1.38. The number of aromatic nitrogens is 2. The molecule has 1 atom stereocenters. The molecule has 43 heavy (non-hydrogen) atoms. The average Bonchev–Trinajstić information content (AvgIpc) is 3.51. The highest BCUT2D eigenvalue weighted by Crippen LogP contribution is 2.37. The molecule has 0 unspecified atom stereocenters. The van der Waals surface area contributed by atoms with E-state index in [2.05, 4.69) is 39.8 Å². The average molecular weight is 603 g/mol. The molecular formula is C31H35ClN8O3. The molecule has 3 aliphatic heterocycles. The molecule has 3 aliphatic rings. The first-order valence-corrected chi connectivity index (χ1v) is 14.7. The van der Waals surface area contributed by atoms with Gasteiger partial charge in [0.15, 0.2) is 0 Å². The third-order valence-corrected chi connectivity index (χ3v) is 8.51. The topological polar surface area (TPSA) is 97.4 Å². The van der Waals surface area contributed by atoms with E-state index in [0.717, 1.165) is 43.1 Å². The second-order valence-electron chi connectivity index (χ2n) is 11.0. The van der Waals surface area contributed by atoms with Gasteiger partial charge < -0.3 is 24.8 Å². The summed E-state index contributed by atoms with van der Waals surface area (Å²) < 4.78 is 5.74. The van der Waals surface area contributed by atoms with Crippen LogP contribution in [0.3, 0.4) is 0 Å². The van der Waals surface area contributed by atoms with E-state index in [-0.39, 0.29) is 24.5 Å². The van der Waals surface area contributed by atoms with Gasteiger partial charge in [0.1, 0.15) is 11.6 Å². The third-order valence-electron chi connectivity index (χ3n) is 8.27. The Morgan fingerprint density at radius 2 is 1.93 bits per heavy atom. The predicted molar refractivity (Wildman–Crippen MR) is 169 cm³/mol. The van der Waals surface area contributed by atoms with Gasteiger partial charge in [-0.1, -0.05) is 24.2 Å². The molecule has 0 spiro atoms. The second-order valence-corrected chi connectivity index (χ2v) is 11.4. The van der Waals surface area contributed by atoms with E-state index in [1.807, 2.05) is 24.3 Å². The summed E-state index contributed by atoms with van der Waals surface area (Å²) in [6.07, 6.45) is 3.66. The lowest BCUT2D eigenvalue weighted by molar-refractivity contribution is -0.125. The van der Waals surface area contributed by atoms with Gasteiger partial charge in [0.2, 0.25) is 11.9 Å². The van der Waals surface area contributed by atoms with Crippen molar-refractivity contribution in [2.45, 2.75) is 19.0 Å². The molecule has 2 aromatic carbocycles. The zero-order valence-electron chi connectivity index (χ0n) is 24.4. The van der Waals surface area contributed by atoms with Gasteiger partial charge in [-0.3, -0.25) is 14.6 Å². The van der Waals surface area contributed by atoms with Crippen molar-refractivity contribution in [3.05, 3.63) is 71.9 Å². The van der Waals surface area contributed by atoms with Gasteiger partial charge in [-0.2, -0.15) is 4.98 Å². The number of carbonyl (C=O) groups is 2. The van der Waals surface area contributed by atoms with Gasteiger partial charge in [0.05, 0.1) is 25.4 Å². The molecule has 0 saturated carbocycles. The molecule has 4 heterocycles. The summed E-state index contributed by atoms with van der Waals surface area (Å²) in [4.78, 5) is 45.7. The minimum Gasteiger partial charge on any atom is -0.494 e. The van der Waals surface area contributed by atoms with Crippen LogP contribution in [0.1, 0.15) is 12.0 Å². The number of urea groups is 1. The Hall–Kier alpha value is -4.35. The third kappa shape index (κ3) is 5.82. The van der Waals surface area contributed by atoms with Gasteiger partial charge in [-0.15, -0.1) is 0 Å². The van der Waals surface area contributed by atoms with E-state index in [1.54, 1.807) is 40.1 Å². The lowest BCUT2D eigenvalue weighted by Crippen LogP contribution is -2.53. The number of ether oxygens (including phenoxy) is 1. The fraction of sp³-hybridized carbons (Fsp3) is 0.355. The highest BCUT2D eigenvalue weighted by atomic mass is 35.5. The lowest BCUT2D eigenvalue weighted by Gasteiger charge is -2.39. The van der Waals surface area contributed by atoms with Crippen LogP contribution in [-0.2, 0) is 11.3 Å². The number of hydrogen-bond donors (Lipinski definition) is 1. The zero-order chi connectivity index (χ0) is 30.1. The molecule has 3 amide bonds. The zero-order valence-corrected chi connectivity index (χ0v) is 25.1. The van der Waals surface area contributed by atoms with Crippen molar-refractivity contribution < 1.29 is 14.3 Å². The maximum atomic E-state index is 14.1. The van der Waals surface area contributed by atoms with Crippen molar-refractivity contribution in [3.63, 3.8) is 0 Å². The number of anilines is 5. The maximum Gasteiger partial charge on any atom is 0.330 e. The number of hydrogen-bond acceptors (Lipinski definition) is 8. The molecule has 2 fully saturated rings. The number of halogens is 1. The highest BCUT2D eigenvalue weighted by Gasteiger charge is 2.41. The van der Waals surface area contributed by atoms with Crippen LogP contribution in [0.25, 0.3) is 0 Å². The smallest absolute Gasteiger partial charge is 0.330 e. The number of likely N-dealkylation sites (tertiary alicyclic amines) is 1. The Morgan fingerprint density at radius 3 is 2.67 bits per heavy atom. The number of benzene rings is 2. The Balaban J connectivity index is 1.31. The van der Waals surface area contributed by atoms with Crippen LogP contribution >= 0.6 is 11.6 Å². The first-order chi connectivity index (χ1) is 20.8. The molecule has 0 bridgehead atoms. The normalized spacial score (nSPS) is 19.0. The van der Waals surface area contributed by atoms with Gasteiger partial charge in [0.25, 0.3) is 0 Å². The number of methoxy groups -OCH3 is 1. The molecule has 1 N–H and O–H groups in total. The lowest BCUT2D eigenvalue weighted by atomic mass is 10.1. The van der Waals surface area contributed by atoms with E-state index in [4.69, 9.17) is 21.3 Å². The fourth-order valence-corrected chi connectivity index (χ4v) is 6.04. The van der Waals surface area contributed by atoms with Gasteiger partial charge in [-0.25, -0.2) is 9.78 Å². The van der Waals surface area contributed by atoms with Crippen molar-refractivity contribution in [2.24, 2.45) is 0 Å². The number of rotatable bonds is 7. The quantitative estimate of drug-likeness (QED) is 0.398. The van der Waals surface area contributed by atoms with Crippen LogP contribution in [0.2, 0.25) is 5.02 Å². The first-order valence-electron chi connectivity index (χ1n) is 14.4. The molecule has 224 valence electrons. The van der Waals surface area contributed by atoms with Crippen LogP contribution in [-0.4, -0.2) is 91.2 Å². The van der Waals surface area contributed by atoms with Crippen molar-refractivity contribution in [3.8, 4) is 5.75 Å². The Morgan fingerprint density at radius 1 is 1.12 bits per heavy atom. The van der Waals surface area contributed by atoms with Gasteiger partial charge in [-0.05, 0) is 49.9 Å². The molecular weight excluding hydrogens is 568 g/mol. The number of fused-ring (bicyclic) bond motifs is 1. The number of amides is 3. The summed E-state index contributed by atoms with van der Waals surface area (Å²) in [7, 11) is 3.78. The van der Waals surface area contributed by atoms with E-state index in [1.165, 1.54) is 6.08 Å². The monoisotopic (exact) mass is 602 g/mol. The fourth-order valence-electron chi connectivity index (χ4n) is 5.86. The van der Waals surface area contributed by atoms with Crippen LogP contribution in [0, 0.1) is 0 Å². The standard InChI is InChI=1S/C31H35ClN8O3/c1-4-28(41)38-11-10-25(20-38)40-29-21(19-39(31(40)42)24-7-5-6-22(32)16-24)18-33-30(35-29)34-26-9-8-23(17-27(26)43-3)37-14-12-36(2)13-15-37/h4-9,16-18,25H,1,10-15,19-20H2,2-3H3,(H,33,34,35)/t25-/m0/s1. The van der Waals surface area contributed by atoms with Crippen LogP contribution < -0.4 is 24.8 Å². The van der Waals surface area contributed by atoms with Crippen molar-refractivity contribution >= 4 is 52.4 Å². The number of nitrogens with zero attached hydrogens (tertiary/aromatic N) is 7. The number of likely N-dealkylation sites (N-methyl/N-ethyl adjacent to an activating group) is 1. The summed E-state index contributed by atoms with van der Waals surface area (Å²) in [6, 6.07) is 12.8. The number of carbonyl (C=O) groups excluding carboxylic acids is 2. The maximum absolute atomic E-state index is 14.1. The van der Waals surface area contributed by atoms with Gasteiger partial charge >= 0.3 is 6.03 Å². The molecule has 11 nitrogen and oxygen atoms in total. The van der Waals surface area contributed by atoms with Crippen LogP contribution in [0.15, 0.2) is 61.3 Å². The second kappa shape index (κ2) is 12.1. The van der Waals surface area contributed by atoms with Crippen molar-refractivity contribution in [1.82, 2.24) is 19.8 Å². The largest absolute Gasteiger partial charge is 0.494 e. The molecule has 12 heteroatoms. The Bertz CT molecular complexity index is 1540. The molecule has 0 aliphatic carbocycles.